The number of para-hydroxylation sites is 1. The molecule has 0 bridgehead atoms. The predicted molar refractivity (Wildman–Crippen MR) is 125 cm³/mol. The third-order valence-corrected chi connectivity index (χ3v) is 6.72. The van der Waals surface area contributed by atoms with Gasteiger partial charge in [0.2, 0.25) is 5.91 Å². The van der Waals surface area contributed by atoms with E-state index >= 15 is 0 Å². The fourth-order valence-electron chi connectivity index (χ4n) is 3.31. The normalized spacial score (nSPS) is 11.0. The van der Waals surface area contributed by atoms with Crippen molar-refractivity contribution in [2.75, 3.05) is 11.1 Å². The predicted octanol–water partition coefficient (Wildman–Crippen LogP) is 5.66. The minimum Gasteiger partial charge on any atom is -0.325 e. The monoisotopic (exact) mass is 434 g/mol. The molecule has 0 fully saturated rings. The summed E-state index contributed by atoms with van der Waals surface area (Å²) in [4.78, 5) is 17.3. The van der Waals surface area contributed by atoms with E-state index in [9.17, 15) is 4.79 Å². The summed E-state index contributed by atoms with van der Waals surface area (Å²) < 4.78 is 1.00. The van der Waals surface area contributed by atoms with E-state index in [2.05, 4.69) is 27.4 Å². The maximum atomic E-state index is 12.6. The first kappa shape index (κ1) is 20.5. The number of hydrogen-bond acceptors (Lipinski definition) is 6. The number of hydrogen-bond donors (Lipinski definition) is 1. The summed E-state index contributed by atoms with van der Waals surface area (Å²) >= 11 is 2.98. The van der Waals surface area contributed by atoms with Gasteiger partial charge >= 0.3 is 0 Å². The molecule has 1 amide bonds. The Bertz CT molecular complexity index is 1200. The molecule has 2 aromatic carbocycles. The summed E-state index contributed by atoms with van der Waals surface area (Å²) in [6.07, 6.45) is 0.871. The van der Waals surface area contributed by atoms with E-state index in [4.69, 9.17) is 0 Å². The number of nitrogens with one attached hydrogen (secondary N) is 1. The lowest BCUT2D eigenvalue weighted by molar-refractivity contribution is -0.113. The van der Waals surface area contributed by atoms with Crippen molar-refractivity contribution in [3.8, 4) is 11.3 Å². The van der Waals surface area contributed by atoms with Crippen molar-refractivity contribution in [1.29, 1.82) is 0 Å². The van der Waals surface area contributed by atoms with Crippen molar-refractivity contribution in [2.24, 2.45) is 0 Å². The molecule has 0 aliphatic rings. The molecule has 0 atom stereocenters. The van der Waals surface area contributed by atoms with Crippen molar-refractivity contribution in [3.63, 3.8) is 0 Å². The Kier molecular flexibility index (Phi) is 6.11. The third kappa shape index (κ3) is 4.22. The van der Waals surface area contributed by atoms with Crippen LogP contribution < -0.4 is 5.32 Å². The number of thiazole rings is 1. The van der Waals surface area contributed by atoms with Gasteiger partial charge in [-0.25, -0.2) is 4.98 Å². The second kappa shape index (κ2) is 8.93. The standard InChI is InChI=1S/C23H22N4OS2/c1-4-16-12-8-9-14(2)19(16)25-18(28)13-29-23-21-22(30-15(3)24-21)20(26-27-23)17-10-6-5-7-11-17/h5-12H,4,13H2,1-3H3,(H,25,28). The van der Waals surface area contributed by atoms with Crippen LogP contribution >= 0.6 is 23.1 Å². The van der Waals surface area contributed by atoms with Gasteiger partial charge in [0, 0.05) is 11.3 Å². The topological polar surface area (TPSA) is 67.8 Å². The van der Waals surface area contributed by atoms with Gasteiger partial charge in [0.05, 0.1) is 15.5 Å². The first-order chi connectivity index (χ1) is 14.6. The molecule has 4 rings (SSSR count). The van der Waals surface area contributed by atoms with Crippen molar-refractivity contribution in [1.82, 2.24) is 15.2 Å². The first-order valence-corrected chi connectivity index (χ1v) is 11.6. The van der Waals surface area contributed by atoms with Crippen molar-refractivity contribution in [3.05, 3.63) is 64.7 Å². The van der Waals surface area contributed by atoms with E-state index < -0.39 is 0 Å². The van der Waals surface area contributed by atoms with Gasteiger partial charge in [-0.1, -0.05) is 67.2 Å². The highest BCUT2D eigenvalue weighted by Gasteiger charge is 2.17. The van der Waals surface area contributed by atoms with Crippen LogP contribution in [0.4, 0.5) is 5.69 Å². The molecule has 4 aromatic rings. The molecular formula is C23H22N4OS2. The van der Waals surface area contributed by atoms with Crippen molar-refractivity contribution >= 4 is 44.9 Å². The summed E-state index contributed by atoms with van der Waals surface area (Å²) in [6, 6.07) is 16.1. The van der Waals surface area contributed by atoms with E-state index in [0.29, 0.717) is 5.03 Å². The van der Waals surface area contributed by atoms with Gasteiger partial charge in [0.1, 0.15) is 16.2 Å². The summed E-state index contributed by atoms with van der Waals surface area (Å²) in [6.45, 7) is 6.08. The number of carbonyl (C=O) groups excluding carboxylic acids is 1. The highest BCUT2D eigenvalue weighted by Crippen LogP contribution is 2.35. The van der Waals surface area contributed by atoms with Crippen LogP contribution in [-0.2, 0) is 11.2 Å². The molecule has 2 aromatic heterocycles. The molecule has 0 saturated carbocycles. The number of benzene rings is 2. The average Bonchev–Trinajstić information content (AvgIpc) is 3.15. The fraction of sp³-hybridized carbons (Fsp3) is 0.217. The maximum absolute atomic E-state index is 12.6. The van der Waals surface area contributed by atoms with E-state index in [-0.39, 0.29) is 11.7 Å². The molecule has 1 N–H and O–H groups in total. The molecule has 0 spiro atoms. The number of thioether (sulfide) groups is 1. The van der Waals surface area contributed by atoms with E-state index in [1.54, 1.807) is 11.3 Å². The van der Waals surface area contributed by atoms with E-state index in [1.165, 1.54) is 11.8 Å². The van der Waals surface area contributed by atoms with Gasteiger partial charge in [0.25, 0.3) is 0 Å². The number of aromatic nitrogens is 3. The molecule has 7 heteroatoms. The van der Waals surface area contributed by atoms with Crippen LogP contribution in [0.2, 0.25) is 0 Å². The zero-order valence-corrected chi connectivity index (χ0v) is 18.7. The lowest BCUT2D eigenvalue weighted by atomic mass is 10.1. The Morgan fingerprint density at radius 2 is 1.87 bits per heavy atom. The number of amides is 1. The molecule has 5 nitrogen and oxygen atoms in total. The number of fused-ring (bicyclic) bond motifs is 1. The van der Waals surface area contributed by atoms with Crippen LogP contribution in [0.1, 0.15) is 23.1 Å². The Labute approximate surface area is 184 Å². The molecule has 0 aliphatic heterocycles. The Morgan fingerprint density at radius 1 is 1.07 bits per heavy atom. The summed E-state index contributed by atoms with van der Waals surface area (Å²) in [5.41, 5.74) is 5.77. The third-order valence-electron chi connectivity index (χ3n) is 4.78. The van der Waals surface area contributed by atoms with Gasteiger partial charge in [-0.2, -0.15) is 0 Å². The highest BCUT2D eigenvalue weighted by atomic mass is 32.2. The van der Waals surface area contributed by atoms with E-state index in [1.807, 2.05) is 62.4 Å². The SMILES string of the molecule is CCc1cccc(C)c1NC(=O)CSc1nnc(-c2ccccc2)c2sc(C)nc12. The number of carbonyl (C=O) groups is 1. The van der Waals surface area contributed by atoms with E-state index in [0.717, 1.165) is 49.7 Å². The largest absolute Gasteiger partial charge is 0.325 e. The number of nitrogens with zero attached hydrogens (tertiary/aromatic N) is 3. The number of anilines is 1. The Morgan fingerprint density at radius 3 is 2.63 bits per heavy atom. The van der Waals surface area contributed by atoms with Crippen LogP contribution in [-0.4, -0.2) is 26.8 Å². The zero-order valence-electron chi connectivity index (χ0n) is 17.1. The highest BCUT2D eigenvalue weighted by molar-refractivity contribution is 8.00. The van der Waals surface area contributed by atoms with Gasteiger partial charge in [-0.3, -0.25) is 4.79 Å². The Balaban J connectivity index is 1.56. The van der Waals surface area contributed by atoms with Gasteiger partial charge < -0.3 is 5.32 Å². The van der Waals surface area contributed by atoms with Crippen LogP contribution in [0, 0.1) is 13.8 Å². The number of rotatable bonds is 6. The molecule has 0 aliphatic carbocycles. The minimum atomic E-state index is -0.0574. The maximum Gasteiger partial charge on any atom is 0.234 e. The van der Waals surface area contributed by atoms with Crippen LogP contribution in [0.3, 0.4) is 0 Å². The van der Waals surface area contributed by atoms with Crippen LogP contribution in [0.15, 0.2) is 53.6 Å². The van der Waals surface area contributed by atoms with Crippen LogP contribution in [0.5, 0.6) is 0 Å². The molecule has 0 saturated heterocycles. The molecule has 2 heterocycles. The second-order valence-electron chi connectivity index (χ2n) is 6.93. The molecule has 152 valence electrons. The molecular weight excluding hydrogens is 412 g/mol. The summed E-state index contributed by atoms with van der Waals surface area (Å²) in [5.74, 6) is 0.195. The lowest BCUT2D eigenvalue weighted by Gasteiger charge is -2.12. The summed E-state index contributed by atoms with van der Waals surface area (Å²) in [7, 11) is 0. The Hall–Kier alpha value is -2.77. The molecule has 0 radical (unpaired) electrons. The smallest absolute Gasteiger partial charge is 0.234 e. The second-order valence-corrected chi connectivity index (χ2v) is 9.10. The number of aryl methyl sites for hydroxylation is 3. The fourth-order valence-corrected chi connectivity index (χ4v) is 5.03. The van der Waals surface area contributed by atoms with Crippen molar-refractivity contribution < 1.29 is 4.79 Å². The molecule has 0 unspecified atom stereocenters. The van der Waals surface area contributed by atoms with Gasteiger partial charge in [-0.15, -0.1) is 21.5 Å². The quantitative estimate of drug-likeness (QED) is 0.396. The summed E-state index contributed by atoms with van der Waals surface area (Å²) in [5, 5.41) is 13.6. The average molecular weight is 435 g/mol. The lowest BCUT2D eigenvalue weighted by Crippen LogP contribution is -2.16. The van der Waals surface area contributed by atoms with Crippen LogP contribution in [0.25, 0.3) is 21.5 Å². The van der Waals surface area contributed by atoms with Gasteiger partial charge in [-0.05, 0) is 31.4 Å². The van der Waals surface area contributed by atoms with Gasteiger partial charge in [0.15, 0.2) is 0 Å². The zero-order chi connectivity index (χ0) is 21.1. The van der Waals surface area contributed by atoms with Crippen molar-refractivity contribution in [2.45, 2.75) is 32.2 Å². The minimum absolute atomic E-state index is 0.0574. The first-order valence-electron chi connectivity index (χ1n) is 9.77. The molecule has 30 heavy (non-hydrogen) atoms.